The topological polar surface area (TPSA) is 69.6 Å². The molecular formula is C9H14N2O3. The minimum atomic E-state index is -1.16. The van der Waals surface area contributed by atoms with Crippen LogP contribution in [0.3, 0.4) is 0 Å². The summed E-state index contributed by atoms with van der Waals surface area (Å²) in [4.78, 5) is 23.7. The van der Waals surface area contributed by atoms with Crippen LogP contribution in [0.15, 0.2) is 12.2 Å². The second-order valence-electron chi connectivity index (χ2n) is 3.34. The number of aliphatic hydroxyl groups is 1. The van der Waals surface area contributed by atoms with Gasteiger partial charge in [-0.2, -0.15) is 0 Å². The third-order valence-corrected chi connectivity index (χ3v) is 2.06. The number of nitrogens with one attached hydrogen (secondary N) is 1. The van der Waals surface area contributed by atoms with Gasteiger partial charge in [-0.25, -0.2) is 4.79 Å². The summed E-state index contributed by atoms with van der Waals surface area (Å²) in [5, 5.41) is 12.0. The maximum absolute atomic E-state index is 11.2. The van der Waals surface area contributed by atoms with Gasteiger partial charge in [0, 0.05) is 13.1 Å². The Labute approximate surface area is 82.4 Å². The third-order valence-electron chi connectivity index (χ3n) is 2.06. The first kappa shape index (κ1) is 10.7. The number of aliphatic hydroxyl groups excluding tert-OH is 1. The molecule has 2 N–H and O–H groups in total. The van der Waals surface area contributed by atoms with Crippen molar-refractivity contribution in [2.45, 2.75) is 13.0 Å². The van der Waals surface area contributed by atoms with Gasteiger partial charge in [0.25, 0.3) is 0 Å². The number of Topliss-reactive ketones (excluding diaryl/α,β-unsaturated/α-hetero) is 1. The van der Waals surface area contributed by atoms with E-state index in [-0.39, 0.29) is 12.6 Å². The third kappa shape index (κ3) is 2.32. The zero-order valence-corrected chi connectivity index (χ0v) is 8.12. The highest BCUT2D eigenvalue weighted by Crippen LogP contribution is 2.02. The van der Waals surface area contributed by atoms with Gasteiger partial charge in [-0.3, -0.25) is 4.79 Å². The lowest BCUT2D eigenvalue weighted by Gasteiger charge is -2.17. The van der Waals surface area contributed by atoms with Crippen LogP contribution in [0.2, 0.25) is 0 Å². The SMILES string of the molecule is C=C(C)C(=O)C(O)CN1CCNC1=O. The molecule has 1 atom stereocenters. The number of hydrogen-bond donors (Lipinski definition) is 2. The van der Waals surface area contributed by atoms with Crippen molar-refractivity contribution in [2.75, 3.05) is 19.6 Å². The molecule has 0 saturated carbocycles. The Kier molecular flexibility index (Phi) is 3.24. The Morgan fingerprint density at radius 2 is 2.43 bits per heavy atom. The smallest absolute Gasteiger partial charge is 0.317 e. The number of rotatable bonds is 4. The zero-order chi connectivity index (χ0) is 10.7. The Hall–Kier alpha value is -1.36. The highest BCUT2D eigenvalue weighted by atomic mass is 16.3. The number of nitrogens with zero attached hydrogens (tertiary/aromatic N) is 1. The van der Waals surface area contributed by atoms with Crippen LogP contribution >= 0.6 is 0 Å². The van der Waals surface area contributed by atoms with Gasteiger partial charge in [0.2, 0.25) is 0 Å². The minimum absolute atomic E-state index is 0.0392. The van der Waals surface area contributed by atoms with Crippen LogP contribution in [0.25, 0.3) is 0 Å². The predicted molar refractivity (Wildman–Crippen MR) is 50.8 cm³/mol. The van der Waals surface area contributed by atoms with Crippen molar-refractivity contribution in [1.82, 2.24) is 10.2 Å². The quantitative estimate of drug-likeness (QED) is 0.599. The van der Waals surface area contributed by atoms with Crippen LogP contribution in [0.5, 0.6) is 0 Å². The number of carbonyl (C=O) groups excluding carboxylic acids is 2. The largest absolute Gasteiger partial charge is 0.383 e. The van der Waals surface area contributed by atoms with Crippen LogP contribution in [0.4, 0.5) is 4.79 Å². The van der Waals surface area contributed by atoms with Gasteiger partial charge >= 0.3 is 6.03 Å². The summed E-state index contributed by atoms with van der Waals surface area (Å²) in [7, 11) is 0. The molecule has 5 nitrogen and oxygen atoms in total. The summed E-state index contributed by atoms with van der Waals surface area (Å²) < 4.78 is 0. The molecule has 1 aliphatic rings. The number of amides is 2. The maximum atomic E-state index is 11.2. The second kappa shape index (κ2) is 4.23. The van der Waals surface area contributed by atoms with Crippen LogP contribution in [0, 0.1) is 0 Å². The fraction of sp³-hybridized carbons (Fsp3) is 0.556. The average molecular weight is 198 g/mol. The van der Waals surface area contributed by atoms with E-state index >= 15 is 0 Å². The van der Waals surface area contributed by atoms with Crippen molar-refractivity contribution in [3.63, 3.8) is 0 Å². The molecule has 0 aromatic heterocycles. The first-order valence-corrected chi connectivity index (χ1v) is 4.43. The standard InChI is InChI=1S/C9H14N2O3/c1-6(2)8(13)7(12)5-11-4-3-10-9(11)14/h7,12H,1,3-5H2,2H3,(H,10,14). The van der Waals surface area contributed by atoms with Gasteiger partial charge in [0.05, 0.1) is 6.54 Å². The molecule has 78 valence electrons. The predicted octanol–water partition coefficient (Wildman–Crippen LogP) is -0.482. The molecule has 0 aromatic carbocycles. The molecule has 0 radical (unpaired) electrons. The number of ketones is 1. The van der Waals surface area contributed by atoms with E-state index in [0.29, 0.717) is 18.7 Å². The van der Waals surface area contributed by atoms with Crippen molar-refractivity contribution in [1.29, 1.82) is 0 Å². The monoisotopic (exact) mass is 198 g/mol. The van der Waals surface area contributed by atoms with Crippen LogP contribution in [-0.2, 0) is 4.79 Å². The van der Waals surface area contributed by atoms with Gasteiger partial charge < -0.3 is 15.3 Å². The molecule has 0 aliphatic carbocycles. The summed E-state index contributed by atoms with van der Waals surface area (Å²) in [6.45, 7) is 6.11. The highest BCUT2D eigenvalue weighted by molar-refractivity contribution is 5.97. The maximum Gasteiger partial charge on any atom is 0.317 e. The van der Waals surface area contributed by atoms with Crippen LogP contribution in [-0.4, -0.2) is 47.6 Å². The molecular weight excluding hydrogens is 184 g/mol. The molecule has 1 aliphatic heterocycles. The van der Waals surface area contributed by atoms with Crippen molar-refractivity contribution < 1.29 is 14.7 Å². The summed E-state index contributed by atoms with van der Waals surface area (Å²) in [6.07, 6.45) is -1.16. The Bertz CT molecular complexity index is 275. The average Bonchev–Trinajstić information content (AvgIpc) is 2.50. The van der Waals surface area contributed by atoms with E-state index in [1.165, 1.54) is 11.8 Å². The van der Waals surface area contributed by atoms with Gasteiger partial charge in [0.1, 0.15) is 6.10 Å². The number of carbonyl (C=O) groups is 2. The molecule has 5 heteroatoms. The van der Waals surface area contributed by atoms with Gasteiger partial charge in [0.15, 0.2) is 5.78 Å². The molecule has 1 fully saturated rings. The highest BCUT2D eigenvalue weighted by Gasteiger charge is 2.25. The van der Waals surface area contributed by atoms with Crippen LogP contribution in [0.1, 0.15) is 6.92 Å². The van der Waals surface area contributed by atoms with E-state index in [1.807, 2.05) is 0 Å². The van der Waals surface area contributed by atoms with Crippen molar-refractivity contribution >= 4 is 11.8 Å². The second-order valence-corrected chi connectivity index (χ2v) is 3.34. The molecule has 0 spiro atoms. The Balaban J connectivity index is 2.47. The van der Waals surface area contributed by atoms with Gasteiger partial charge in [-0.05, 0) is 12.5 Å². The van der Waals surface area contributed by atoms with Gasteiger partial charge in [-0.15, -0.1) is 0 Å². The molecule has 1 heterocycles. The lowest BCUT2D eigenvalue weighted by atomic mass is 10.1. The van der Waals surface area contributed by atoms with Gasteiger partial charge in [-0.1, -0.05) is 6.58 Å². The summed E-state index contributed by atoms with van der Waals surface area (Å²) >= 11 is 0. The van der Waals surface area contributed by atoms with E-state index in [0.717, 1.165) is 0 Å². The van der Waals surface area contributed by atoms with Crippen molar-refractivity contribution in [3.8, 4) is 0 Å². The number of urea groups is 1. The summed E-state index contributed by atoms with van der Waals surface area (Å²) in [6, 6.07) is -0.237. The fourth-order valence-electron chi connectivity index (χ4n) is 1.26. The minimum Gasteiger partial charge on any atom is -0.383 e. The normalized spacial score (nSPS) is 17.9. The van der Waals surface area contributed by atoms with Crippen molar-refractivity contribution in [2.24, 2.45) is 0 Å². The first-order chi connectivity index (χ1) is 6.52. The molecule has 1 saturated heterocycles. The number of β-amino-alcohol motifs (C(OH)–C–C–N with tert-alkyl or cyclic N) is 1. The lowest BCUT2D eigenvalue weighted by Crippen LogP contribution is -2.39. The summed E-state index contributed by atoms with van der Waals surface area (Å²) in [5.74, 6) is -0.412. The fourth-order valence-corrected chi connectivity index (χ4v) is 1.26. The Morgan fingerprint density at radius 3 is 2.86 bits per heavy atom. The molecule has 0 bridgehead atoms. The lowest BCUT2D eigenvalue weighted by molar-refractivity contribution is -0.123. The summed E-state index contributed by atoms with van der Waals surface area (Å²) in [5.41, 5.74) is 0.303. The molecule has 2 amide bonds. The molecule has 14 heavy (non-hydrogen) atoms. The van der Waals surface area contributed by atoms with Crippen LogP contribution < -0.4 is 5.32 Å². The molecule has 1 rings (SSSR count). The van der Waals surface area contributed by atoms with E-state index in [2.05, 4.69) is 11.9 Å². The molecule has 0 aromatic rings. The zero-order valence-electron chi connectivity index (χ0n) is 8.12. The van der Waals surface area contributed by atoms with Crippen molar-refractivity contribution in [3.05, 3.63) is 12.2 Å². The first-order valence-electron chi connectivity index (χ1n) is 4.43. The Morgan fingerprint density at radius 1 is 1.79 bits per heavy atom. The van der Waals surface area contributed by atoms with E-state index in [1.54, 1.807) is 0 Å². The van der Waals surface area contributed by atoms with E-state index < -0.39 is 11.9 Å². The number of hydrogen-bond acceptors (Lipinski definition) is 3. The van der Waals surface area contributed by atoms with E-state index in [9.17, 15) is 14.7 Å². The molecule has 1 unspecified atom stereocenters. The van der Waals surface area contributed by atoms with E-state index in [4.69, 9.17) is 0 Å².